The Morgan fingerprint density at radius 2 is 2.38 bits per heavy atom. The summed E-state index contributed by atoms with van der Waals surface area (Å²) in [4.78, 5) is 12.8. The van der Waals surface area contributed by atoms with Crippen molar-refractivity contribution in [3.8, 4) is 0 Å². The van der Waals surface area contributed by atoms with Crippen molar-refractivity contribution in [3.05, 3.63) is 17.5 Å². The maximum atomic E-state index is 4.41. The molecule has 0 atom stereocenters. The molecular formula is C9H8N3S. The lowest BCUT2D eigenvalue weighted by atomic mass is 9.85. The second kappa shape index (κ2) is 2.73. The van der Waals surface area contributed by atoms with Crippen molar-refractivity contribution < 1.29 is 0 Å². The van der Waals surface area contributed by atoms with Gasteiger partial charge in [0.15, 0.2) is 11.2 Å². The van der Waals surface area contributed by atoms with E-state index in [-0.39, 0.29) is 0 Å². The third-order valence-corrected chi connectivity index (χ3v) is 3.22. The normalized spacial score (nSPS) is 17.5. The highest BCUT2D eigenvalue weighted by Gasteiger charge is 2.22. The van der Waals surface area contributed by atoms with Gasteiger partial charge >= 0.3 is 0 Å². The van der Waals surface area contributed by atoms with Gasteiger partial charge in [-0.05, 0) is 12.8 Å². The first-order valence-electron chi connectivity index (χ1n) is 4.43. The molecule has 0 spiro atoms. The Balaban J connectivity index is 2.09. The van der Waals surface area contributed by atoms with E-state index in [1.807, 2.05) is 6.20 Å². The molecule has 65 valence electrons. The molecule has 0 unspecified atom stereocenters. The fourth-order valence-corrected chi connectivity index (χ4v) is 2.02. The average Bonchev–Trinajstić information content (AvgIpc) is 2.47. The van der Waals surface area contributed by atoms with E-state index in [0.717, 1.165) is 16.2 Å². The van der Waals surface area contributed by atoms with Crippen molar-refractivity contribution in [2.45, 2.75) is 25.2 Å². The molecule has 0 bridgehead atoms. The van der Waals surface area contributed by atoms with Gasteiger partial charge in [0.25, 0.3) is 0 Å². The van der Waals surface area contributed by atoms with Crippen LogP contribution in [0.25, 0.3) is 10.3 Å². The summed E-state index contributed by atoms with van der Waals surface area (Å²) < 4.78 is 1.03. The van der Waals surface area contributed by atoms with Gasteiger partial charge in [0, 0.05) is 5.92 Å². The van der Waals surface area contributed by atoms with Gasteiger partial charge in [-0.3, -0.25) is 0 Å². The lowest BCUT2D eigenvalue weighted by molar-refractivity contribution is 0.402. The van der Waals surface area contributed by atoms with Crippen molar-refractivity contribution in [3.63, 3.8) is 0 Å². The standard InChI is InChI=1S/C9H8N3S/c1-2-6(3-1)8-10-4-7-9(12-8)11-5-13-7/h4,6H,1-3H2. The average molecular weight is 190 g/mol. The van der Waals surface area contributed by atoms with Crippen LogP contribution >= 0.6 is 11.3 Å². The van der Waals surface area contributed by atoms with Crippen molar-refractivity contribution in [1.82, 2.24) is 15.0 Å². The van der Waals surface area contributed by atoms with Gasteiger partial charge in [0.1, 0.15) is 5.82 Å². The predicted octanol–water partition coefficient (Wildman–Crippen LogP) is 2.15. The second-order valence-electron chi connectivity index (χ2n) is 3.35. The first-order chi connectivity index (χ1) is 6.43. The third kappa shape index (κ3) is 1.13. The van der Waals surface area contributed by atoms with Crippen molar-refractivity contribution in [2.75, 3.05) is 0 Å². The van der Waals surface area contributed by atoms with Gasteiger partial charge in [-0.25, -0.2) is 15.0 Å². The van der Waals surface area contributed by atoms with Gasteiger partial charge in [0.2, 0.25) is 0 Å². The summed E-state index contributed by atoms with van der Waals surface area (Å²) in [6.07, 6.45) is 5.65. The molecule has 1 radical (unpaired) electrons. The second-order valence-corrected chi connectivity index (χ2v) is 4.18. The number of rotatable bonds is 1. The van der Waals surface area contributed by atoms with E-state index in [4.69, 9.17) is 0 Å². The van der Waals surface area contributed by atoms with Crippen LogP contribution in [0.5, 0.6) is 0 Å². The highest BCUT2D eigenvalue weighted by Crippen LogP contribution is 2.34. The zero-order chi connectivity index (χ0) is 8.67. The zero-order valence-electron chi connectivity index (χ0n) is 7.03. The fraction of sp³-hybridized carbons (Fsp3) is 0.444. The third-order valence-electron chi connectivity index (χ3n) is 2.53. The summed E-state index contributed by atoms with van der Waals surface area (Å²) >= 11 is 1.47. The van der Waals surface area contributed by atoms with Crippen LogP contribution in [0.2, 0.25) is 0 Å². The minimum absolute atomic E-state index is 0.589. The number of nitrogens with zero attached hydrogens (tertiary/aromatic N) is 3. The summed E-state index contributed by atoms with van der Waals surface area (Å²) in [5, 5.41) is 0. The van der Waals surface area contributed by atoms with Gasteiger partial charge < -0.3 is 0 Å². The molecule has 1 fully saturated rings. The molecule has 0 saturated heterocycles. The monoisotopic (exact) mass is 190 g/mol. The Morgan fingerprint density at radius 1 is 1.46 bits per heavy atom. The molecule has 13 heavy (non-hydrogen) atoms. The lowest BCUT2D eigenvalue weighted by Crippen LogP contribution is -2.12. The first-order valence-corrected chi connectivity index (χ1v) is 5.24. The van der Waals surface area contributed by atoms with Crippen molar-refractivity contribution in [2.24, 2.45) is 0 Å². The van der Waals surface area contributed by atoms with E-state index in [0.29, 0.717) is 5.92 Å². The highest BCUT2D eigenvalue weighted by molar-refractivity contribution is 7.16. The quantitative estimate of drug-likeness (QED) is 0.691. The van der Waals surface area contributed by atoms with E-state index in [2.05, 4.69) is 20.5 Å². The van der Waals surface area contributed by atoms with Crippen molar-refractivity contribution >= 4 is 21.7 Å². The van der Waals surface area contributed by atoms with Crippen LogP contribution in [-0.2, 0) is 0 Å². The van der Waals surface area contributed by atoms with Gasteiger partial charge in [-0.15, -0.1) is 11.3 Å². The number of hydrogen-bond donors (Lipinski definition) is 0. The summed E-state index contributed by atoms with van der Waals surface area (Å²) in [7, 11) is 0. The van der Waals surface area contributed by atoms with Crippen LogP contribution in [0.1, 0.15) is 31.0 Å². The highest BCUT2D eigenvalue weighted by atomic mass is 32.1. The minimum Gasteiger partial charge on any atom is -0.239 e. The molecule has 3 rings (SSSR count). The molecule has 0 amide bonds. The predicted molar refractivity (Wildman–Crippen MR) is 50.6 cm³/mol. The topological polar surface area (TPSA) is 38.7 Å². The van der Waals surface area contributed by atoms with Gasteiger partial charge in [0.05, 0.1) is 10.9 Å². The molecular weight excluding hydrogens is 182 g/mol. The van der Waals surface area contributed by atoms with Crippen LogP contribution in [-0.4, -0.2) is 15.0 Å². The Kier molecular flexibility index (Phi) is 1.55. The first kappa shape index (κ1) is 7.38. The Labute approximate surface area is 79.9 Å². The van der Waals surface area contributed by atoms with Crippen LogP contribution < -0.4 is 0 Å². The SMILES string of the molecule is [c]1nc2nc(C3CCC3)ncc2s1. The van der Waals surface area contributed by atoms with E-state index in [9.17, 15) is 0 Å². The van der Waals surface area contributed by atoms with E-state index in [1.54, 1.807) is 0 Å². The maximum absolute atomic E-state index is 4.41. The van der Waals surface area contributed by atoms with Crippen LogP contribution in [0.3, 0.4) is 0 Å². The number of aromatic nitrogens is 3. The maximum Gasteiger partial charge on any atom is 0.174 e. The summed E-state index contributed by atoms with van der Waals surface area (Å²) in [5.41, 5.74) is 3.64. The van der Waals surface area contributed by atoms with Crippen LogP contribution in [0.4, 0.5) is 0 Å². The lowest BCUT2D eigenvalue weighted by Gasteiger charge is -2.23. The van der Waals surface area contributed by atoms with E-state index < -0.39 is 0 Å². The Morgan fingerprint density at radius 3 is 3.15 bits per heavy atom. The minimum atomic E-state index is 0.589. The molecule has 0 N–H and O–H groups in total. The van der Waals surface area contributed by atoms with E-state index in [1.165, 1.54) is 30.6 Å². The molecule has 4 heteroatoms. The van der Waals surface area contributed by atoms with E-state index >= 15 is 0 Å². The molecule has 1 aliphatic carbocycles. The molecule has 2 heterocycles. The van der Waals surface area contributed by atoms with Gasteiger partial charge in [-0.2, -0.15) is 0 Å². The molecule has 0 aliphatic heterocycles. The zero-order valence-corrected chi connectivity index (χ0v) is 7.84. The Bertz CT molecular complexity index is 433. The molecule has 2 aromatic heterocycles. The molecule has 0 aromatic carbocycles. The van der Waals surface area contributed by atoms with Gasteiger partial charge in [-0.1, -0.05) is 6.42 Å². The van der Waals surface area contributed by atoms with Crippen LogP contribution in [0, 0.1) is 5.51 Å². The van der Waals surface area contributed by atoms with Crippen molar-refractivity contribution in [1.29, 1.82) is 0 Å². The van der Waals surface area contributed by atoms with Crippen LogP contribution in [0.15, 0.2) is 6.20 Å². The Hall–Kier alpha value is -1.03. The molecule has 3 nitrogen and oxygen atoms in total. The number of thiazole rings is 1. The smallest absolute Gasteiger partial charge is 0.174 e. The molecule has 1 aliphatic rings. The summed E-state index contributed by atoms with van der Waals surface area (Å²) in [6.45, 7) is 0. The number of fused-ring (bicyclic) bond motifs is 1. The molecule has 1 saturated carbocycles. The number of hydrogen-bond acceptors (Lipinski definition) is 4. The summed E-state index contributed by atoms with van der Waals surface area (Å²) in [6, 6.07) is 0. The summed E-state index contributed by atoms with van der Waals surface area (Å²) in [5.74, 6) is 1.56. The fourth-order valence-electron chi connectivity index (χ4n) is 1.51. The largest absolute Gasteiger partial charge is 0.239 e. The molecule has 2 aromatic rings.